The van der Waals surface area contributed by atoms with Crippen molar-refractivity contribution < 1.29 is 9.59 Å². The monoisotopic (exact) mass is 398 g/mol. The van der Waals surface area contributed by atoms with Crippen molar-refractivity contribution in [2.45, 2.75) is 32.4 Å². The number of hydrogen-bond donors (Lipinski definition) is 0. The summed E-state index contributed by atoms with van der Waals surface area (Å²) in [7, 11) is 0. The normalized spacial score (nSPS) is 20.5. The van der Waals surface area contributed by atoms with Crippen molar-refractivity contribution in [3.05, 3.63) is 52.0 Å². The van der Waals surface area contributed by atoms with Gasteiger partial charge >= 0.3 is 0 Å². The van der Waals surface area contributed by atoms with E-state index in [1.165, 1.54) is 0 Å². The van der Waals surface area contributed by atoms with Gasteiger partial charge < -0.3 is 9.80 Å². The van der Waals surface area contributed by atoms with Crippen LogP contribution >= 0.6 is 11.3 Å². The second kappa shape index (κ2) is 8.41. The van der Waals surface area contributed by atoms with Gasteiger partial charge in [0.25, 0.3) is 5.91 Å². The Morgan fingerprint density at radius 3 is 2.54 bits per heavy atom. The van der Waals surface area contributed by atoms with Crippen molar-refractivity contribution in [1.82, 2.24) is 19.7 Å². The average Bonchev–Trinajstić information content (AvgIpc) is 3.37. The van der Waals surface area contributed by atoms with E-state index in [1.54, 1.807) is 16.2 Å². The van der Waals surface area contributed by atoms with Gasteiger partial charge in [0.05, 0.1) is 10.7 Å². The van der Waals surface area contributed by atoms with Gasteiger partial charge in [0, 0.05) is 50.2 Å². The first-order chi connectivity index (χ1) is 13.6. The van der Waals surface area contributed by atoms with Crippen LogP contribution in [0.1, 0.15) is 33.9 Å². The summed E-state index contributed by atoms with van der Waals surface area (Å²) in [4.78, 5) is 36.5. The molecule has 3 heterocycles. The fourth-order valence-corrected chi connectivity index (χ4v) is 4.66. The summed E-state index contributed by atoms with van der Waals surface area (Å²) in [6, 6.07) is 8.95. The van der Waals surface area contributed by atoms with E-state index in [-0.39, 0.29) is 17.9 Å². The summed E-state index contributed by atoms with van der Waals surface area (Å²) in [5.74, 6) is 0.0694. The zero-order valence-corrected chi connectivity index (χ0v) is 17.0. The minimum absolute atomic E-state index is 0.0333. The maximum Gasteiger partial charge on any atom is 0.254 e. The minimum atomic E-state index is -0.319. The van der Waals surface area contributed by atoms with E-state index in [0.717, 1.165) is 43.2 Å². The van der Waals surface area contributed by atoms with Gasteiger partial charge in [-0.1, -0.05) is 18.2 Å². The number of hydrogen-bond acceptors (Lipinski definition) is 5. The molecule has 1 unspecified atom stereocenters. The largest absolute Gasteiger partial charge is 0.338 e. The van der Waals surface area contributed by atoms with E-state index in [4.69, 9.17) is 0 Å². The van der Waals surface area contributed by atoms with Gasteiger partial charge in [-0.3, -0.25) is 14.5 Å². The van der Waals surface area contributed by atoms with E-state index in [1.807, 2.05) is 42.2 Å². The zero-order valence-electron chi connectivity index (χ0n) is 16.2. The first-order valence-electron chi connectivity index (χ1n) is 9.90. The molecule has 1 aromatic heterocycles. The number of piperazine rings is 1. The second-order valence-corrected chi connectivity index (χ2v) is 8.54. The summed E-state index contributed by atoms with van der Waals surface area (Å²) < 4.78 is 0. The molecule has 148 valence electrons. The highest BCUT2D eigenvalue weighted by Crippen LogP contribution is 2.23. The van der Waals surface area contributed by atoms with Gasteiger partial charge in [-0.25, -0.2) is 4.98 Å². The van der Waals surface area contributed by atoms with E-state index in [2.05, 4.69) is 15.3 Å². The van der Waals surface area contributed by atoms with Crippen LogP contribution in [-0.4, -0.2) is 70.3 Å². The van der Waals surface area contributed by atoms with Gasteiger partial charge in [0.1, 0.15) is 6.04 Å². The number of carbonyl (C=O) groups is 2. The highest BCUT2D eigenvalue weighted by molar-refractivity contribution is 7.09. The Labute approximate surface area is 169 Å². The predicted octanol–water partition coefficient (Wildman–Crippen LogP) is 2.40. The topological polar surface area (TPSA) is 56.8 Å². The van der Waals surface area contributed by atoms with Gasteiger partial charge in [-0.15, -0.1) is 11.3 Å². The predicted molar refractivity (Wildman–Crippen MR) is 109 cm³/mol. The number of rotatable bonds is 4. The van der Waals surface area contributed by atoms with Crippen LogP contribution in [0.5, 0.6) is 0 Å². The molecule has 2 aliphatic rings. The van der Waals surface area contributed by atoms with Crippen LogP contribution in [-0.2, 0) is 11.3 Å². The summed E-state index contributed by atoms with van der Waals surface area (Å²) >= 11 is 1.68. The van der Waals surface area contributed by atoms with E-state index in [9.17, 15) is 9.59 Å². The van der Waals surface area contributed by atoms with Crippen molar-refractivity contribution in [2.24, 2.45) is 0 Å². The van der Waals surface area contributed by atoms with Crippen LogP contribution in [0.3, 0.4) is 0 Å². The smallest absolute Gasteiger partial charge is 0.254 e. The summed E-state index contributed by atoms with van der Waals surface area (Å²) in [5.41, 5.74) is 1.77. The lowest BCUT2D eigenvalue weighted by atomic mass is 10.1. The van der Waals surface area contributed by atoms with Crippen molar-refractivity contribution in [2.75, 3.05) is 32.7 Å². The third kappa shape index (κ3) is 4.10. The molecule has 0 bridgehead atoms. The maximum atomic E-state index is 13.1. The number of carbonyl (C=O) groups excluding carboxylic acids is 2. The van der Waals surface area contributed by atoms with Crippen LogP contribution in [0.25, 0.3) is 0 Å². The third-order valence-electron chi connectivity index (χ3n) is 5.56. The van der Waals surface area contributed by atoms with Crippen LogP contribution in [0.15, 0.2) is 35.7 Å². The Kier molecular flexibility index (Phi) is 5.73. The lowest BCUT2D eigenvalue weighted by Crippen LogP contribution is -2.54. The lowest BCUT2D eigenvalue weighted by molar-refractivity contribution is -0.137. The molecule has 0 radical (unpaired) electrons. The van der Waals surface area contributed by atoms with Crippen LogP contribution < -0.4 is 0 Å². The number of nitrogens with zero attached hydrogens (tertiary/aromatic N) is 4. The number of aryl methyl sites for hydroxylation is 1. The van der Waals surface area contributed by atoms with Gasteiger partial charge in [-0.2, -0.15) is 0 Å². The van der Waals surface area contributed by atoms with Crippen molar-refractivity contribution in [1.29, 1.82) is 0 Å². The van der Waals surface area contributed by atoms with E-state index in [0.29, 0.717) is 25.2 Å². The number of likely N-dealkylation sites (tertiary alicyclic amines) is 1. The quantitative estimate of drug-likeness (QED) is 0.794. The van der Waals surface area contributed by atoms with Crippen LogP contribution in [0.2, 0.25) is 0 Å². The number of thiazole rings is 1. The summed E-state index contributed by atoms with van der Waals surface area (Å²) in [6.07, 6.45) is 1.65. The Bertz CT molecular complexity index is 830. The molecule has 28 heavy (non-hydrogen) atoms. The van der Waals surface area contributed by atoms with Gasteiger partial charge in [-0.05, 0) is 31.9 Å². The molecule has 1 aromatic carbocycles. The van der Waals surface area contributed by atoms with Crippen molar-refractivity contribution in [3.63, 3.8) is 0 Å². The Balaban J connectivity index is 1.34. The molecular formula is C21H26N4O2S. The molecule has 6 nitrogen and oxygen atoms in total. The SMILES string of the molecule is Cc1nc(CN2CCN(C(=O)C3CCCN3C(=O)c3ccccc3)CC2)cs1. The number of benzene rings is 1. The minimum Gasteiger partial charge on any atom is -0.338 e. The molecular weight excluding hydrogens is 372 g/mol. The van der Waals surface area contributed by atoms with E-state index >= 15 is 0 Å². The molecule has 2 aliphatic heterocycles. The average molecular weight is 399 g/mol. The first-order valence-corrected chi connectivity index (χ1v) is 10.8. The molecule has 1 atom stereocenters. The molecule has 2 saturated heterocycles. The molecule has 7 heteroatoms. The highest BCUT2D eigenvalue weighted by Gasteiger charge is 2.37. The second-order valence-electron chi connectivity index (χ2n) is 7.48. The maximum absolute atomic E-state index is 13.1. The molecule has 0 N–H and O–H groups in total. The summed E-state index contributed by atoms with van der Waals surface area (Å²) in [6.45, 7) is 6.65. The molecule has 4 rings (SSSR count). The van der Waals surface area contributed by atoms with Crippen molar-refractivity contribution in [3.8, 4) is 0 Å². The lowest BCUT2D eigenvalue weighted by Gasteiger charge is -2.37. The van der Waals surface area contributed by atoms with E-state index < -0.39 is 0 Å². The summed E-state index contributed by atoms with van der Waals surface area (Å²) in [5, 5.41) is 3.20. The van der Waals surface area contributed by atoms with Crippen molar-refractivity contribution >= 4 is 23.2 Å². The van der Waals surface area contributed by atoms with Crippen LogP contribution in [0, 0.1) is 6.92 Å². The zero-order chi connectivity index (χ0) is 19.5. The van der Waals surface area contributed by atoms with Gasteiger partial charge in [0.15, 0.2) is 0 Å². The fraction of sp³-hybridized carbons (Fsp3) is 0.476. The standard InChI is InChI=1S/C21H26N4O2S/c1-16-22-18(15-28-16)14-23-10-12-24(13-11-23)21(27)19-8-5-9-25(19)20(26)17-6-3-2-4-7-17/h2-4,6-7,15,19H,5,8-14H2,1H3. The van der Waals surface area contributed by atoms with Gasteiger partial charge in [0.2, 0.25) is 5.91 Å². The Hall–Kier alpha value is -2.25. The molecule has 2 aromatic rings. The fourth-order valence-electron chi connectivity index (χ4n) is 4.06. The molecule has 2 amide bonds. The number of amides is 2. The molecule has 0 aliphatic carbocycles. The molecule has 2 fully saturated rings. The first kappa shape index (κ1) is 19.1. The third-order valence-corrected chi connectivity index (χ3v) is 6.38. The van der Waals surface area contributed by atoms with Crippen LogP contribution in [0.4, 0.5) is 0 Å². The Morgan fingerprint density at radius 2 is 1.86 bits per heavy atom. The Morgan fingerprint density at radius 1 is 1.11 bits per heavy atom. The number of aromatic nitrogens is 1. The molecule has 0 spiro atoms. The molecule has 0 saturated carbocycles. The highest BCUT2D eigenvalue weighted by atomic mass is 32.1.